The fourth-order valence-corrected chi connectivity index (χ4v) is 3.86. The molecule has 0 aliphatic carbocycles. The summed E-state index contributed by atoms with van der Waals surface area (Å²) in [4.78, 5) is 8.80. The second-order valence-electron chi connectivity index (χ2n) is 7.56. The Bertz CT molecular complexity index is 1170. The number of aliphatic hydroxyl groups is 1. The summed E-state index contributed by atoms with van der Waals surface area (Å²) in [7, 11) is 0. The fraction of sp³-hybridized carbons (Fsp3) is 0.200. The van der Waals surface area contributed by atoms with Gasteiger partial charge in [-0.2, -0.15) is 0 Å². The minimum Gasteiger partial charge on any atom is -0.493 e. The van der Waals surface area contributed by atoms with Gasteiger partial charge in [0.15, 0.2) is 0 Å². The lowest BCUT2D eigenvalue weighted by molar-refractivity contribution is 0.0504. The van der Waals surface area contributed by atoms with E-state index in [-0.39, 0.29) is 30.7 Å². The lowest BCUT2D eigenvalue weighted by atomic mass is 9.88. The zero-order valence-corrected chi connectivity index (χ0v) is 18.9. The average molecular weight is 471 g/mol. The van der Waals surface area contributed by atoms with Crippen molar-refractivity contribution in [3.8, 4) is 11.5 Å². The highest BCUT2D eigenvalue weighted by atomic mass is 35.5. The first-order chi connectivity index (χ1) is 14.8. The molecule has 7 heteroatoms. The first-order valence-electron chi connectivity index (χ1n) is 10.1. The van der Waals surface area contributed by atoms with Crippen molar-refractivity contribution in [3.05, 3.63) is 95.9 Å². The summed E-state index contributed by atoms with van der Waals surface area (Å²) in [5.74, 6) is 1.37. The first-order valence-corrected chi connectivity index (χ1v) is 10.1. The summed E-state index contributed by atoms with van der Waals surface area (Å²) in [5.41, 5.74) is 3.66. The van der Waals surface area contributed by atoms with Crippen molar-refractivity contribution >= 4 is 35.7 Å². The van der Waals surface area contributed by atoms with Crippen LogP contribution in [-0.4, -0.2) is 21.7 Å². The number of fused-ring (bicyclic) bond motifs is 2. The van der Waals surface area contributed by atoms with Crippen molar-refractivity contribution in [1.29, 1.82) is 0 Å². The maximum absolute atomic E-state index is 10.9. The van der Waals surface area contributed by atoms with Crippen molar-refractivity contribution in [2.24, 2.45) is 5.92 Å². The van der Waals surface area contributed by atoms with E-state index in [1.54, 1.807) is 6.20 Å². The zero-order valence-electron chi connectivity index (χ0n) is 17.3. The van der Waals surface area contributed by atoms with Crippen LogP contribution in [0.3, 0.4) is 0 Å². The number of rotatable bonds is 5. The Hall–Kier alpha value is -2.86. The van der Waals surface area contributed by atoms with Crippen molar-refractivity contribution in [1.82, 2.24) is 9.97 Å². The molecule has 32 heavy (non-hydrogen) atoms. The molecule has 1 aliphatic rings. The first kappa shape index (κ1) is 23.8. The van der Waals surface area contributed by atoms with Gasteiger partial charge in [-0.1, -0.05) is 30.3 Å². The smallest absolute Gasteiger partial charge is 0.130 e. The molecule has 0 saturated heterocycles. The SMILES string of the molecule is Cl.Cl.O[C@H]1c2cc(OCc3ccc4ccccc4n3)ccc2OC[C@H]1Cc1cccnc1. The van der Waals surface area contributed by atoms with Crippen LogP contribution in [0, 0.1) is 5.92 Å². The van der Waals surface area contributed by atoms with Crippen LogP contribution >= 0.6 is 24.8 Å². The number of aromatic nitrogens is 2. The number of pyridine rings is 2. The van der Waals surface area contributed by atoms with Gasteiger partial charge in [0, 0.05) is 29.3 Å². The van der Waals surface area contributed by atoms with E-state index in [9.17, 15) is 5.11 Å². The third-order valence-corrected chi connectivity index (χ3v) is 5.46. The molecule has 0 bridgehead atoms. The third kappa shape index (κ3) is 5.13. The van der Waals surface area contributed by atoms with Gasteiger partial charge in [0.1, 0.15) is 18.1 Å². The van der Waals surface area contributed by atoms with Crippen LogP contribution in [-0.2, 0) is 13.0 Å². The fourth-order valence-electron chi connectivity index (χ4n) is 3.86. The lowest BCUT2D eigenvalue weighted by Crippen LogP contribution is -2.27. The maximum Gasteiger partial charge on any atom is 0.130 e. The molecule has 2 aromatic carbocycles. The molecule has 166 valence electrons. The normalized spacial score (nSPS) is 16.8. The standard InChI is InChI=1S/C25H22N2O3.2ClH/c28-25-19(12-17-4-3-11-26-14-17)15-30-24-10-9-21(13-22(24)25)29-16-20-8-7-18-5-1-2-6-23(18)27-20;;/h1-11,13-14,19,25,28H,12,15-16H2;2*1H/t19-,25-;;/m1../s1. The molecule has 5 rings (SSSR count). The summed E-state index contributed by atoms with van der Waals surface area (Å²) < 4.78 is 11.9. The molecule has 2 aromatic heterocycles. The monoisotopic (exact) mass is 470 g/mol. The van der Waals surface area contributed by atoms with Gasteiger partial charge in [-0.15, -0.1) is 24.8 Å². The zero-order chi connectivity index (χ0) is 20.3. The third-order valence-electron chi connectivity index (χ3n) is 5.46. The number of nitrogens with zero attached hydrogens (tertiary/aromatic N) is 2. The van der Waals surface area contributed by atoms with Crippen LogP contribution in [0.5, 0.6) is 11.5 Å². The van der Waals surface area contributed by atoms with Gasteiger partial charge in [-0.3, -0.25) is 4.98 Å². The summed E-state index contributed by atoms with van der Waals surface area (Å²) >= 11 is 0. The van der Waals surface area contributed by atoms with Gasteiger partial charge in [-0.05, 0) is 48.4 Å². The molecule has 0 fully saturated rings. The van der Waals surface area contributed by atoms with Gasteiger partial charge in [0.25, 0.3) is 0 Å². The van der Waals surface area contributed by atoms with Crippen LogP contribution < -0.4 is 9.47 Å². The van der Waals surface area contributed by atoms with Crippen molar-refractivity contribution < 1.29 is 14.6 Å². The summed E-state index contributed by atoms with van der Waals surface area (Å²) in [6.07, 6.45) is 3.68. The van der Waals surface area contributed by atoms with Gasteiger partial charge in [0.05, 0.1) is 23.9 Å². The molecule has 0 radical (unpaired) electrons. The Morgan fingerprint density at radius 1 is 1.00 bits per heavy atom. The number of aliphatic hydroxyl groups excluding tert-OH is 1. The summed E-state index contributed by atoms with van der Waals surface area (Å²) in [6, 6.07) is 21.6. The van der Waals surface area contributed by atoms with Gasteiger partial charge < -0.3 is 14.6 Å². The van der Waals surface area contributed by atoms with Gasteiger partial charge >= 0.3 is 0 Å². The number of halogens is 2. The van der Waals surface area contributed by atoms with Crippen LogP contribution in [0.1, 0.15) is 22.9 Å². The van der Waals surface area contributed by atoms with Crippen molar-refractivity contribution in [2.45, 2.75) is 19.1 Å². The van der Waals surface area contributed by atoms with Gasteiger partial charge in [-0.25, -0.2) is 4.98 Å². The largest absolute Gasteiger partial charge is 0.493 e. The maximum atomic E-state index is 10.9. The summed E-state index contributed by atoms with van der Waals surface area (Å²) in [6.45, 7) is 0.837. The lowest BCUT2D eigenvalue weighted by Gasteiger charge is -2.30. The molecule has 5 nitrogen and oxygen atoms in total. The van der Waals surface area contributed by atoms with E-state index >= 15 is 0 Å². The predicted molar refractivity (Wildman–Crippen MR) is 129 cm³/mol. The van der Waals surface area contributed by atoms with Crippen LogP contribution in [0.2, 0.25) is 0 Å². The molecule has 1 N–H and O–H groups in total. The number of para-hydroxylation sites is 1. The Balaban J connectivity index is 0.00000144. The van der Waals surface area contributed by atoms with Gasteiger partial charge in [0.2, 0.25) is 0 Å². The van der Waals surface area contributed by atoms with E-state index in [0.29, 0.717) is 31.1 Å². The second-order valence-corrected chi connectivity index (χ2v) is 7.56. The van der Waals surface area contributed by atoms with E-state index in [1.165, 1.54) is 0 Å². The Labute approximate surface area is 199 Å². The molecule has 0 amide bonds. The van der Waals surface area contributed by atoms with Crippen molar-refractivity contribution in [3.63, 3.8) is 0 Å². The molecule has 0 saturated carbocycles. The van der Waals surface area contributed by atoms with Crippen LogP contribution in [0.15, 0.2) is 79.1 Å². The average Bonchev–Trinajstić information content (AvgIpc) is 2.80. The second kappa shape index (κ2) is 10.6. The molecule has 1 aliphatic heterocycles. The molecule has 0 unspecified atom stereocenters. The number of ether oxygens (including phenoxy) is 2. The van der Waals surface area contributed by atoms with E-state index in [2.05, 4.69) is 16.0 Å². The highest BCUT2D eigenvalue weighted by Gasteiger charge is 2.30. The van der Waals surface area contributed by atoms with E-state index in [4.69, 9.17) is 9.47 Å². The van der Waals surface area contributed by atoms with E-state index in [1.807, 2.05) is 66.9 Å². The minimum atomic E-state index is -0.615. The minimum absolute atomic E-state index is 0. The quantitative estimate of drug-likeness (QED) is 0.426. The predicted octanol–water partition coefficient (Wildman–Crippen LogP) is 5.34. The number of benzene rings is 2. The highest BCUT2D eigenvalue weighted by molar-refractivity contribution is 5.85. The Morgan fingerprint density at radius 2 is 1.88 bits per heavy atom. The molecular formula is C25H24Cl2N2O3. The topological polar surface area (TPSA) is 64.5 Å². The Morgan fingerprint density at radius 3 is 2.72 bits per heavy atom. The molecule has 3 heterocycles. The highest BCUT2D eigenvalue weighted by Crippen LogP contribution is 2.39. The van der Waals surface area contributed by atoms with Crippen molar-refractivity contribution in [2.75, 3.05) is 6.61 Å². The van der Waals surface area contributed by atoms with Crippen LogP contribution in [0.25, 0.3) is 10.9 Å². The Kier molecular flexibility index (Phi) is 7.91. The van der Waals surface area contributed by atoms with E-state index in [0.717, 1.165) is 27.7 Å². The molecule has 0 spiro atoms. The molecular weight excluding hydrogens is 447 g/mol. The number of hydrogen-bond acceptors (Lipinski definition) is 5. The molecule has 4 aromatic rings. The van der Waals surface area contributed by atoms with Crippen LogP contribution in [0.4, 0.5) is 0 Å². The summed E-state index contributed by atoms with van der Waals surface area (Å²) in [5, 5.41) is 12.0. The van der Waals surface area contributed by atoms with E-state index < -0.39 is 6.10 Å². The number of hydrogen-bond donors (Lipinski definition) is 1. The molecule has 2 atom stereocenters.